The lowest BCUT2D eigenvalue weighted by atomic mass is 10.1. The summed E-state index contributed by atoms with van der Waals surface area (Å²) in [6, 6.07) is 5.03. The number of benzene rings is 1. The zero-order valence-corrected chi connectivity index (χ0v) is 11.1. The average molecular weight is 276 g/mol. The van der Waals surface area contributed by atoms with Crippen LogP contribution in [0.15, 0.2) is 35.3 Å². The van der Waals surface area contributed by atoms with Gasteiger partial charge in [0.05, 0.1) is 18.9 Å². The van der Waals surface area contributed by atoms with E-state index in [1.165, 1.54) is 31.5 Å². The van der Waals surface area contributed by atoms with Gasteiger partial charge < -0.3 is 4.74 Å². The van der Waals surface area contributed by atoms with E-state index in [9.17, 15) is 14.0 Å². The number of methoxy groups -OCH3 is 1. The quantitative estimate of drug-likeness (QED) is 0.795. The van der Waals surface area contributed by atoms with Gasteiger partial charge in [-0.05, 0) is 30.7 Å². The van der Waals surface area contributed by atoms with Crippen LogP contribution in [-0.2, 0) is 6.54 Å². The first-order valence-corrected chi connectivity index (χ1v) is 5.92. The lowest BCUT2D eigenvalue weighted by Gasteiger charge is -2.08. The predicted octanol–water partition coefficient (Wildman–Crippen LogP) is 1.58. The molecule has 0 saturated carbocycles. The number of carbonyl (C=O) groups excluding carboxylic acids is 1. The second-order valence-electron chi connectivity index (χ2n) is 4.30. The van der Waals surface area contributed by atoms with Gasteiger partial charge in [0.15, 0.2) is 5.78 Å². The molecule has 20 heavy (non-hydrogen) atoms. The third-order valence-electron chi connectivity index (χ3n) is 2.76. The van der Waals surface area contributed by atoms with Gasteiger partial charge in [-0.15, -0.1) is 0 Å². The molecule has 0 fully saturated rings. The third kappa shape index (κ3) is 2.90. The van der Waals surface area contributed by atoms with Gasteiger partial charge in [0.1, 0.15) is 18.1 Å². The van der Waals surface area contributed by atoms with Crippen LogP contribution in [0.1, 0.15) is 15.9 Å². The Kier molecular flexibility index (Phi) is 3.93. The fourth-order valence-electron chi connectivity index (χ4n) is 1.76. The maximum atomic E-state index is 13.2. The van der Waals surface area contributed by atoms with Crippen molar-refractivity contribution in [2.45, 2.75) is 13.5 Å². The molecule has 0 amide bonds. The second kappa shape index (κ2) is 5.64. The second-order valence-corrected chi connectivity index (χ2v) is 4.30. The Morgan fingerprint density at radius 1 is 1.40 bits per heavy atom. The van der Waals surface area contributed by atoms with Crippen molar-refractivity contribution in [2.24, 2.45) is 0 Å². The van der Waals surface area contributed by atoms with Gasteiger partial charge >= 0.3 is 0 Å². The van der Waals surface area contributed by atoms with Crippen LogP contribution in [0.25, 0.3) is 0 Å². The number of ketones is 1. The van der Waals surface area contributed by atoms with Gasteiger partial charge in [-0.3, -0.25) is 9.59 Å². The lowest BCUT2D eigenvalue weighted by Crippen LogP contribution is -2.26. The standard InChI is InChI=1S/C14H13FN2O3/c1-9-5-14(19)17(16-7-9)8-12(18)11-6-10(15)3-4-13(11)20-2/h3-7H,8H2,1-2H3. The summed E-state index contributed by atoms with van der Waals surface area (Å²) in [5.41, 5.74) is 0.414. The molecule has 0 bridgehead atoms. The van der Waals surface area contributed by atoms with E-state index in [0.717, 1.165) is 10.7 Å². The molecule has 0 aliphatic rings. The molecule has 1 aromatic carbocycles. The number of halogens is 1. The fraction of sp³-hybridized carbons (Fsp3) is 0.214. The van der Waals surface area contributed by atoms with Crippen molar-refractivity contribution < 1.29 is 13.9 Å². The Bertz CT molecular complexity index is 710. The molecule has 104 valence electrons. The Morgan fingerprint density at radius 2 is 2.15 bits per heavy atom. The Labute approximate surface area is 114 Å². The Hall–Kier alpha value is -2.50. The zero-order chi connectivity index (χ0) is 14.7. The summed E-state index contributed by atoms with van der Waals surface area (Å²) in [4.78, 5) is 23.8. The smallest absolute Gasteiger partial charge is 0.267 e. The van der Waals surface area contributed by atoms with E-state index in [4.69, 9.17) is 4.74 Å². The highest BCUT2D eigenvalue weighted by Gasteiger charge is 2.15. The third-order valence-corrected chi connectivity index (χ3v) is 2.76. The topological polar surface area (TPSA) is 61.2 Å². The number of ether oxygens (including phenoxy) is 1. The SMILES string of the molecule is COc1ccc(F)cc1C(=O)Cn1ncc(C)cc1=O. The molecule has 0 N–H and O–H groups in total. The molecule has 0 radical (unpaired) electrons. The average Bonchev–Trinajstić information content (AvgIpc) is 2.41. The van der Waals surface area contributed by atoms with Crippen molar-refractivity contribution in [3.05, 3.63) is 57.8 Å². The first-order chi connectivity index (χ1) is 9.51. The molecule has 0 aliphatic heterocycles. The van der Waals surface area contributed by atoms with Crippen molar-refractivity contribution in [1.29, 1.82) is 0 Å². The predicted molar refractivity (Wildman–Crippen MR) is 70.5 cm³/mol. The Morgan fingerprint density at radius 3 is 2.80 bits per heavy atom. The number of hydrogen-bond donors (Lipinski definition) is 0. The highest BCUT2D eigenvalue weighted by molar-refractivity contribution is 5.98. The van der Waals surface area contributed by atoms with Gasteiger partial charge in [-0.2, -0.15) is 5.10 Å². The summed E-state index contributed by atoms with van der Waals surface area (Å²) in [5, 5.41) is 3.87. The maximum absolute atomic E-state index is 13.2. The first-order valence-electron chi connectivity index (χ1n) is 5.92. The summed E-state index contributed by atoms with van der Waals surface area (Å²) >= 11 is 0. The molecule has 2 aromatic rings. The molecular weight excluding hydrogens is 263 g/mol. The van der Waals surface area contributed by atoms with Crippen molar-refractivity contribution in [1.82, 2.24) is 9.78 Å². The minimum absolute atomic E-state index is 0.0850. The minimum Gasteiger partial charge on any atom is -0.496 e. The van der Waals surface area contributed by atoms with Crippen LogP contribution in [0.5, 0.6) is 5.75 Å². The lowest BCUT2D eigenvalue weighted by molar-refractivity contribution is 0.0962. The number of rotatable bonds is 4. The number of hydrogen-bond acceptors (Lipinski definition) is 4. The van der Waals surface area contributed by atoms with Crippen molar-refractivity contribution in [3.8, 4) is 5.75 Å². The monoisotopic (exact) mass is 276 g/mol. The zero-order valence-electron chi connectivity index (χ0n) is 11.1. The maximum Gasteiger partial charge on any atom is 0.267 e. The summed E-state index contributed by atoms with van der Waals surface area (Å²) in [5.74, 6) is -0.727. The van der Waals surface area contributed by atoms with Crippen molar-refractivity contribution in [2.75, 3.05) is 7.11 Å². The van der Waals surface area contributed by atoms with Crippen LogP contribution in [0.4, 0.5) is 4.39 Å². The fourth-order valence-corrected chi connectivity index (χ4v) is 1.76. The molecular formula is C14H13FN2O3. The van der Waals surface area contributed by atoms with E-state index in [1.807, 2.05) is 0 Å². The van der Waals surface area contributed by atoms with Gasteiger partial charge in [0.25, 0.3) is 5.56 Å². The number of aromatic nitrogens is 2. The van der Waals surface area contributed by atoms with Crippen LogP contribution in [0, 0.1) is 12.7 Å². The van der Waals surface area contributed by atoms with Crippen LogP contribution in [0.2, 0.25) is 0 Å². The normalized spacial score (nSPS) is 10.3. The highest BCUT2D eigenvalue weighted by Crippen LogP contribution is 2.20. The summed E-state index contributed by atoms with van der Waals surface area (Å²) in [6.07, 6.45) is 1.48. The molecule has 1 heterocycles. The molecule has 0 spiro atoms. The largest absolute Gasteiger partial charge is 0.496 e. The summed E-state index contributed by atoms with van der Waals surface area (Å²) in [6.45, 7) is 1.47. The molecule has 6 heteroatoms. The van der Waals surface area contributed by atoms with Gasteiger partial charge in [-0.1, -0.05) is 0 Å². The highest BCUT2D eigenvalue weighted by atomic mass is 19.1. The minimum atomic E-state index is -0.543. The Balaban J connectivity index is 2.33. The number of carbonyl (C=O) groups is 1. The van der Waals surface area contributed by atoms with Crippen molar-refractivity contribution in [3.63, 3.8) is 0 Å². The van der Waals surface area contributed by atoms with E-state index >= 15 is 0 Å². The van der Waals surface area contributed by atoms with E-state index in [1.54, 1.807) is 6.92 Å². The molecule has 0 saturated heterocycles. The molecule has 5 nitrogen and oxygen atoms in total. The van der Waals surface area contributed by atoms with E-state index < -0.39 is 11.6 Å². The summed E-state index contributed by atoms with van der Waals surface area (Å²) in [7, 11) is 1.39. The van der Waals surface area contributed by atoms with Gasteiger partial charge in [0.2, 0.25) is 0 Å². The van der Waals surface area contributed by atoms with E-state index in [2.05, 4.69) is 5.10 Å². The number of aryl methyl sites for hydroxylation is 1. The van der Waals surface area contributed by atoms with Crippen molar-refractivity contribution >= 4 is 5.78 Å². The summed E-state index contributed by atoms with van der Waals surface area (Å²) < 4.78 is 19.3. The van der Waals surface area contributed by atoms with Crippen LogP contribution in [-0.4, -0.2) is 22.7 Å². The van der Waals surface area contributed by atoms with Crippen LogP contribution < -0.4 is 10.3 Å². The number of Topliss-reactive ketones (excluding diaryl/α,β-unsaturated/α-hetero) is 1. The molecule has 0 aliphatic carbocycles. The van der Waals surface area contributed by atoms with Crippen LogP contribution >= 0.6 is 0 Å². The van der Waals surface area contributed by atoms with Gasteiger partial charge in [-0.25, -0.2) is 9.07 Å². The van der Waals surface area contributed by atoms with Gasteiger partial charge in [0, 0.05) is 6.07 Å². The van der Waals surface area contributed by atoms with E-state index in [-0.39, 0.29) is 23.4 Å². The number of nitrogens with zero attached hydrogens (tertiary/aromatic N) is 2. The van der Waals surface area contributed by atoms with Crippen LogP contribution in [0.3, 0.4) is 0 Å². The first kappa shape index (κ1) is 13.9. The molecule has 2 rings (SSSR count). The molecule has 0 unspecified atom stereocenters. The molecule has 0 atom stereocenters. The molecule has 1 aromatic heterocycles. The van der Waals surface area contributed by atoms with E-state index in [0.29, 0.717) is 5.56 Å².